The molecule has 0 atom stereocenters. The summed E-state index contributed by atoms with van der Waals surface area (Å²) in [5, 5.41) is 0.953. The Kier molecular flexibility index (Phi) is 5.70. The van der Waals surface area contributed by atoms with Crippen LogP contribution in [0.5, 0.6) is 0 Å². The molecule has 1 N–H and O–H groups in total. The van der Waals surface area contributed by atoms with Crippen LogP contribution in [0.4, 0.5) is 0 Å². The van der Waals surface area contributed by atoms with Crippen molar-refractivity contribution in [2.24, 2.45) is 0 Å². The Bertz CT molecular complexity index is 1220. The summed E-state index contributed by atoms with van der Waals surface area (Å²) in [6, 6.07) is 21.3. The van der Waals surface area contributed by atoms with Gasteiger partial charge in [-0.2, -0.15) is 0 Å². The summed E-state index contributed by atoms with van der Waals surface area (Å²) in [6.07, 6.45) is 3.92. The summed E-state index contributed by atoms with van der Waals surface area (Å²) in [5.74, 6) is -0.114. The number of aromatic nitrogens is 2. The average Bonchev–Trinajstić information content (AvgIpc) is 2.78. The number of hydrogen-bond donors (Lipinski definition) is 1. The van der Waals surface area contributed by atoms with Gasteiger partial charge in [-0.15, -0.1) is 0 Å². The fraction of sp³-hybridized carbons (Fsp3) is 0.160. The van der Waals surface area contributed by atoms with E-state index in [9.17, 15) is 9.59 Å². The van der Waals surface area contributed by atoms with Crippen molar-refractivity contribution >= 4 is 16.8 Å². The average molecular weight is 397 g/mol. The number of aromatic amines is 1. The third-order valence-corrected chi connectivity index (χ3v) is 5.17. The van der Waals surface area contributed by atoms with Gasteiger partial charge in [0.15, 0.2) is 0 Å². The highest BCUT2D eigenvalue weighted by Gasteiger charge is 2.18. The van der Waals surface area contributed by atoms with Gasteiger partial charge in [-0.3, -0.25) is 14.6 Å². The van der Waals surface area contributed by atoms with Crippen molar-refractivity contribution in [1.29, 1.82) is 0 Å². The number of carbonyl (C=O) groups excluding carboxylic acids is 1. The van der Waals surface area contributed by atoms with Crippen LogP contribution in [0, 0.1) is 6.92 Å². The van der Waals surface area contributed by atoms with Crippen LogP contribution >= 0.6 is 0 Å². The number of hydrogen-bond acceptors (Lipinski definition) is 3. The van der Waals surface area contributed by atoms with Crippen LogP contribution in [0.25, 0.3) is 10.9 Å². The number of H-pyrrole nitrogens is 1. The molecule has 0 saturated heterocycles. The van der Waals surface area contributed by atoms with Gasteiger partial charge < -0.3 is 9.88 Å². The van der Waals surface area contributed by atoms with E-state index in [4.69, 9.17) is 0 Å². The highest BCUT2D eigenvalue weighted by Crippen LogP contribution is 2.15. The molecule has 0 unspecified atom stereocenters. The first kappa shape index (κ1) is 19.6. The van der Waals surface area contributed by atoms with Crippen molar-refractivity contribution in [2.75, 3.05) is 6.54 Å². The second-order valence-corrected chi connectivity index (χ2v) is 7.41. The summed E-state index contributed by atoms with van der Waals surface area (Å²) in [5.41, 5.74) is 4.00. The van der Waals surface area contributed by atoms with Crippen molar-refractivity contribution in [2.45, 2.75) is 19.9 Å². The van der Waals surface area contributed by atoms with Crippen LogP contribution < -0.4 is 5.56 Å². The lowest BCUT2D eigenvalue weighted by Crippen LogP contribution is -2.34. The van der Waals surface area contributed by atoms with E-state index in [1.165, 1.54) is 0 Å². The number of carbonyl (C=O) groups is 1. The van der Waals surface area contributed by atoms with Crippen molar-refractivity contribution < 1.29 is 4.79 Å². The van der Waals surface area contributed by atoms with Gasteiger partial charge in [0.05, 0.1) is 6.54 Å². The number of benzene rings is 2. The largest absolute Gasteiger partial charge is 0.334 e. The molecule has 5 nitrogen and oxygen atoms in total. The Morgan fingerprint density at radius 2 is 1.77 bits per heavy atom. The minimum Gasteiger partial charge on any atom is -0.334 e. The number of nitrogens with zero attached hydrogens (tertiary/aromatic N) is 2. The standard InChI is InChI=1S/C25H23N3O2/c1-18-7-8-21-16-22(24(29)27-23(21)15-18)17-28(14-11-19-5-3-2-4-6-19)25(30)20-9-12-26-13-10-20/h2-10,12-13,15-16H,11,14,17H2,1H3,(H,27,29). The Morgan fingerprint density at radius 1 is 1.00 bits per heavy atom. The molecule has 4 rings (SSSR count). The molecule has 2 heterocycles. The van der Waals surface area contributed by atoms with Gasteiger partial charge in [-0.05, 0) is 54.1 Å². The topological polar surface area (TPSA) is 66.1 Å². The molecule has 4 aromatic rings. The van der Waals surface area contributed by atoms with E-state index in [1.54, 1.807) is 29.4 Å². The van der Waals surface area contributed by atoms with E-state index < -0.39 is 0 Å². The molecule has 0 saturated carbocycles. The highest BCUT2D eigenvalue weighted by atomic mass is 16.2. The minimum atomic E-state index is -0.166. The van der Waals surface area contributed by atoms with Crippen LogP contribution in [-0.2, 0) is 13.0 Å². The summed E-state index contributed by atoms with van der Waals surface area (Å²) in [7, 11) is 0. The summed E-state index contributed by atoms with van der Waals surface area (Å²) in [6.45, 7) is 2.74. The molecule has 0 aliphatic rings. The highest BCUT2D eigenvalue weighted by molar-refractivity contribution is 5.94. The number of pyridine rings is 2. The molecule has 0 spiro atoms. The van der Waals surface area contributed by atoms with E-state index in [2.05, 4.69) is 9.97 Å². The van der Waals surface area contributed by atoms with Crippen LogP contribution in [0.15, 0.2) is 83.9 Å². The number of rotatable bonds is 6. The fourth-order valence-corrected chi connectivity index (χ4v) is 3.52. The maximum Gasteiger partial charge on any atom is 0.254 e. The van der Waals surface area contributed by atoms with E-state index in [1.807, 2.05) is 61.5 Å². The zero-order chi connectivity index (χ0) is 20.9. The molecule has 2 aromatic carbocycles. The molecule has 2 aromatic heterocycles. The third kappa shape index (κ3) is 4.46. The van der Waals surface area contributed by atoms with Crippen molar-refractivity contribution in [3.05, 3.63) is 112 Å². The first-order valence-electron chi connectivity index (χ1n) is 9.96. The molecule has 0 fully saturated rings. The predicted octanol–water partition coefficient (Wildman–Crippen LogP) is 4.12. The quantitative estimate of drug-likeness (QED) is 0.532. The molecule has 5 heteroatoms. The Balaban J connectivity index is 1.64. The van der Waals surface area contributed by atoms with Crippen molar-refractivity contribution in [1.82, 2.24) is 14.9 Å². The van der Waals surface area contributed by atoms with Crippen molar-refractivity contribution in [3.63, 3.8) is 0 Å². The molecule has 30 heavy (non-hydrogen) atoms. The lowest BCUT2D eigenvalue weighted by molar-refractivity contribution is 0.0744. The second kappa shape index (κ2) is 8.74. The van der Waals surface area contributed by atoms with Crippen LogP contribution in [0.2, 0.25) is 0 Å². The molecule has 0 bridgehead atoms. The van der Waals surface area contributed by atoms with Gasteiger partial charge in [0.2, 0.25) is 0 Å². The Labute approximate surface area is 175 Å². The van der Waals surface area contributed by atoms with Gasteiger partial charge in [-0.1, -0.05) is 42.5 Å². The number of aryl methyl sites for hydroxylation is 1. The maximum absolute atomic E-state index is 13.2. The molecule has 0 aliphatic carbocycles. The Hall–Kier alpha value is -3.73. The number of amides is 1. The van der Waals surface area contributed by atoms with Gasteiger partial charge in [-0.25, -0.2) is 0 Å². The fourth-order valence-electron chi connectivity index (χ4n) is 3.52. The second-order valence-electron chi connectivity index (χ2n) is 7.41. The minimum absolute atomic E-state index is 0.114. The van der Waals surface area contributed by atoms with Crippen LogP contribution in [-0.4, -0.2) is 27.3 Å². The normalized spacial score (nSPS) is 10.8. The van der Waals surface area contributed by atoms with Gasteiger partial charge >= 0.3 is 0 Å². The summed E-state index contributed by atoms with van der Waals surface area (Å²) < 4.78 is 0. The molecule has 0 radical (unpaired) electrons. The monoisotopic (exact) mass is 397 g/mol. The van der Waals surface area contributed by atoms with E-state index >= 15 is 0 Å². The van der Waals surface area contributed by atoms with Crippen LogP contribution in [0.1, 0.15) is 27.0 Å². The number of nitrogens with one attached hydrogen (secondary N) is 1. The predicted molar refractivity (Wildman–Crippen MR) is 118 cm³/mol. The molecule has 150 valence electrons. The summed E-state index contributed by atoms with van der Waals surface area (Å²) >= 11 is 0. The van der Waals surface area contributed by atoms with Crippen LogP contribution in [0.3, 0.4) is 0 Å². The maximum atomic E-state index is 13.2. The molecular formula is C25H23N3O2. The molecule has 1 amide bonds. The zero-order valence-electron chi connectivity index (χ0n) is 16.8. The lowest BCUT2D eigenvalue weighted by Gasteiger charge is -2.23. The van der Waals surface area contributed by atoms with Gasteiger partial charge in [0, 0.05) is 35.6 Å². The van der Waals surface area contributed by atoms with Gasteiger partial charge in [0.25, 0.3) is 11.5 Å². The lowest BCUT2D eigenvalue weighted by atomic mass is 10.1. The number of fused-ring (bicyclic) bond motifs is 1. The first-order chi connectivity index (χ1) is 14.6. The smallest absolute Gasteiger partial charge is 0.254 e. The molecular weight excluding hydrogens is 374 g/mol. The Morgan fingerprint density at radius 3 is 2.53 bits per heavy atom. The summed E-state index contributed by atoms with van der Waals surface area (Å²) in [4.78, 5) is 34.6. The van der Waals surface area contributed by atoms with E-state index in [0.717, 1.165) is 22.0 Å². The third-order valence-electron chi connectivity index (χ3n) is 5.17. The molecule has 0 aliphatic heterocycles. The van der Waals surface area contributed by atoms with E-state index in [0.29, 0.717) is 24.1 Å². The zero-order valence-corrected chi connectivity index (χ0v) is 16.8. The van der Waals surface area contributed by atoms with Crippen molar-refractivity contribution in [3.8, 4) is 0 Å². The van der Waals surface area contributed by atoms with Gasteiger partial charge in [0.1, 0.15) is 0 Å². The first-order valence-corrected chi connectivity index (χ1v) is 9.96. The SMILES string of the molecule is Cc1ccc2cc(CN(CCc3ccccc3)C(=O)c3ccncc3)c(=O)[nH]c2c1. The van der Waals surface area contributed by atoms with E-state index in [-0.39, 0.29) is 18.0 Å².